The van der Waals surface area contributed by atoms with Crippen molar-refractivity contribution in [3.8, 4) is 0 Å². The van der Waals surface area contributed by atoms with E-state index in [1.54, 1.807) is 21.3 Å². The van der Waals surface area contributed by atoms with Gasteiger partial charge >= 0.3 is 8.80 Å². The summed E-state index contributed by atoms with van der Waals surface area (Å²) in [6.45, 7) is 3.14. The fraction of sp³-hybridized carbons (Fsp3) is 1.00. The third kappa shape index (κ3) is 6.24. The van der Waals surface area contributed by atoms with Crippen molar-refractivity contribution in [2.75, 3.05) is 34.5 Å². The quantitative estimate of drug-likeness (QED) is 0.250. The molecular formula is C9H22O5Si. The molecule has 0 aliphatic heterocycles. The topological polar surface area (TPSA) is 46.2 Å². The molecule has 92 valence electrons. The van der Waals surface area contributed by atoms with Gasteiger partial charge in [-0.1, -0.05) is 13.3 Å². The van der Waals surface area contributed by atoms with Gasteiger partial charge in [-0.25, -0.2) is 9.78 Å². The van der Waals surface area contributed by atoms with E-state index in [4.69, 9.17) is 23.1 Å². The number of rotatable bonds is 10. The van der Waals surface area contributed by atoms with Crippen molar-refractivity contribution in [1.29, 1.82) is 0 Å². The van der Waals surface area contributed by atoms with Crippen LogP contribution in [0, 0.1) is 0 Å². The van der Waals surface area contributed by atoms with Crippen LogP contribution in [-0.2, 0) is 23.1 Å². The van der Waals surface area contributed by atoms with Crippen molar-refractivity contribution < 1.29 is 23.1 Å². The second-order valence-electron chi connectivity index (χ2n) is 3.04. The first-order valence-electron chi connectivity index (χ1n) is 5.14. The van der Waals surface area contributed by atoms with Gasteiger partial charge in [-0.15, -0.1) is 0 Å². The van der Waals surface area contributed by atoms with E-state index in [1.807, 2.05) is 0 Å². The fourth-order valence-corrected chi connectivity index (χ4v) is 2.49. The van der Waals surface area contributed by atoms with Gasteiger partial charge in [0, 0.05) is 27.4 Å². The third-order valence-electron chi connectivity index (χ3n) is 2.09. The van der Waals surface area contributed by atoms with Gasteiger partial charge in [0.05, 0.1) is 13.2 Å². The molecular weight excluding hydrogens is 216 g/mol. The van der Waals surface area contributed by atoms with Crippen LogP contribution in [0.3, 0.4) is 0 Å². The maximum atomic E-state index is 5.22. The number of hydrogen-bond acceptors (Lipinski definition) is 5. The minimum Gasteiger partial charge on any atom is -0.377 e. The van der Waals surface area contributed by atoms with E-state index >= 15 is 0 Å². The van der Waals surface area contributed by atoms with Crippen LogP contribution < -0.4 is 0 Å². The second kappa shape index (κ2) is 9.26. The Morgan fingerprint density at radius 1 is 0.867 bits per heavy atom. The summed E-state index contributed by atoms with van der Waals surface area (Å²) in [5, 5.41) is 0. The molecule has 0 saturated carbocycles. The summed E-state index contributed by atoms with van der Waals surface area (Å²) in [6, 6.07) is 0.586. The second-order valence-corrected chi connectivity index (χ2v) is 6.13. The maximum Gasteiger partial charge on any atom is 0.502 e. The molecule has 6 heteroatoms. The predicted molar refractivity (Wildman–Crippen MR) is 58.4 cm³/mol. The zero-order valence-corrected chi connectivity index (χ0v) is 11.1. The Balaban J connectivity index is 3.54. The Morgan fingerprint density at radius 2 is 1.40 bits per heavy atom. The Morgan fingerprint density at radius 3 is 1.87 bits per heavy atom. The van der Waals surface area contributed by atoms with Crippen LogP contribution in [0.1, 0.15) is 19.8 Å². The monoisotopic (exact) mass is 238 g/mol. The molecule has 0 atom stereocenters. The largest absolute Gasteiger partial charge is 0.502 e. The smallest absolute Gasteiger partial charge is 0.377 e. The van der Waals surface area contributed by atoms with Crippen molar-refractivity contribution in [2.45, 2.75) is 25.8 Å². The first-order valence-corrected chi connectivity index (χ1v) is 7.07. The molecule has 0 saturated heterocycles. The fourth-order valence-electron chi connectivity index (χ4n) is 1.04. The summed E-state index contributed by atoms with van der Waals surface area (Å²) in [7, 11) is 2.25. The molecule has 0 fully saturated rings. The third-order valence-corrected chi connectivity index (χ3v) is 4.77. The van der Waals surface area contributed by atoms with Crippen LogP contribution in [0.2, 0.25) is 6.04 Å². The standard InChI is InChI=1S/C9H22O5Si/c1-5-6-7-13-14-8-9-15(10-2,11-3)12-4/h5-9H2,1-4H3. The first kappa shape index (κ1) is 15.0. The molecule has 0 unspecified atom stereocenters. The molecule has 0 N–H and O–H groups in total. The Labute approximate surface area is 92.9 Å². The van der Waals surface area contributed by atoms with Gasteiger partial charge in [0.1, 0.15) is 0 Å². The molecule has 0 amide bonds. The van der Waals surface area contributed by atoms with Gasteiger partial charge in [0.25, 0.3) is 0 Å². The van der Waals surface area contributed by atoms with Gasteiger partial charge in [-0.2, -0.15) is 0 Å². The van der Waals surface area contributed by atoms with Crippen LogP contribution in [-0.4, -0.2) is 43.3 Å². The molecule has 0 radical (unpaired) electrons. The molecule has 0 aromatic carbocycles. The molecule has 0 bridgehead atoms. The Hall–Kier alpha value is 0.0169. The lowest BCUT2D eigenvalue weighted by molar-refractivity contribution is -0.292. The van der Waals surface area contributed by atoms with Gasteiger partial charge < -0.3 is 13.3 Å². The minimum atomic E-state index is -2.49. The minimum absolute atomic E-state index is 0.422. The lowest BCUT2D eigenvalue weighted by Gasteiger charge is -2.23. The zero-order valence-electron chi connectivity index (χ0n) is 10.1. The van der Waals surface area contributed by atoms with Crippen LogP contribution in [0.15, 0.2) is 0 Å². The maximum absolute atomic E-state index is 5.22. The van der Waals surface area contributed by atoms with E-state index in [0.717, 1.165) is 12.8 Å². The molecule has 15 heavy (non-hydrogen) atoms. The lowest BCUT2D eigenvalue weighted by Crippen LogP contribution is -2.43. The van der Waals surface area contributed by atoms with E-state index in [-0.39, 0.29) is 0 Å². The first-order chi connectivity index (χ1) is 7.24. The molecule has 0 spiro atoms. The van der Waals surface area contributed by atoms with Crippen molar-refractivity contribution in [2.24, 2.45) is 0 Å². The molecule has 0 aliphatic carbocycles. The zero-order chi connectivity index (χ0) is 11.6. The summed E-state index contributed by atoms with van der Waals surface area (Å²) in [5.41, 5.74) is 0. The van der Waals surface area contributed by atoms with E-state index in [0.29, 0.717) is 19.3 Å². The Kier molecular flexibility index (Phi) is 9.27. The van der Waals surface area contributed by atoms with Crippen molar-refractivity contribution in [3.63, 3.8) is 0 Å². The van der Waals surface area contributed by atoms with E-state index < -0.39 is 8.80 Å². The summed E-state index contributed by atoms with van der Waals surface area (Å²) in [6.07, 6.45) is 2.09. The highest BCUT2D eigenvalue weighted by atomic mass is 28.4. The van der Waals surface area contributed by atoms with Crippen molar-refractivity contribution in [3.05, 3.63) is 0 Å². The van der Waals surface area contributed by atoms with Crippen molar-refractivity contribution in [1.82, 2.24) is 0 Å². The van der Waals surface area contributed by atoms with Gasteiger partial charge in [0.15, 0.2) is 0 Å². The van der Waals surface area contributed by atoms with Crippen molar-refractivity contribution >= 4 is 8.80 Å². The van der Waals surface area contributed by atoms with E-state index in [1.165, 1.54) is 0 Å². The van der Waals surface area contributed by atoms with Crippen LogP contribution in [0.5, 0.6) is 0 Å². The molecule has 0 rings (SSSR count). The summed E-state index contributed by atoms with van der Waals surface area (Å²) < 4.78 is 15.7. The molecule has 0 aliphatic rings. The van der Waals surface area contributed by atoms with Crippen LogP contribution in [0.25, 0.3) is 0 Å². The van der Waals surface area contributed by atoms with E-state index in [2.05, 4.69) is 6.92 Å². The number of unbranched alkanes of at least 4 members (excludes halogenated alkanes) is 1. The lowest BCUT2D eigenvalue weighted by atomic mass is 10.4. The van der Waals surface area contributed by atoms with Crippen LogP contribution >= 0.6 is 0 Å². The van der Waals surface area contributed by atoms with E-state index in [9.17, 15) is 0 Å². The van der Waals surface area contributed by atoms with Gasteiger partial charge in [-0.05, 0) is 6.42 Å². The summed E-state index contributed by atoms with van der Waals surface area (Å²) in [4.78, 5) is 9.95. The average molecular weight is 238 g/mol. The molecule has 0 aromatic rings. The highest BCUT2D eigenvalue weighted by Gasteiger charge is 2.37. The predicted octanol–water partition coefficient (Wildman–Crippen LogP) is 1.61. The molecule has 5 nitrogen and oxygen atoms in total. The average Bonchev–Trinajstić information content (AvgIpc) is 2.29. The van der Waals surface area contributed by atoms with Crippen LogP contribution in [0.4, 0.5) is 0 Å². The highest BCUT2D eigenvalue weighted by Crippen LogP contribution is 2.12. The summed E-state index contributed by atoms with van der Waals surface area (Å²) in [5.74, 6) is 0. The van der Waals surface area contributed by atoms with Gasteiger partial charge in [-0.3, -0.25) is 0 Å². The SMILES string of the molecule is CCCCOOCC[Si](OC)(OC)OC. The summed E-state index contributed by atoms with van der Waals surface area (Å²) >= 11 is 0. The molecule has 0 aromatic heterocycles. The normalized spacial score (nSPS) is 12.0. The highest BCUT2D eigenvalue weighted by molar-refractivity contribution is 6.60. The Bertz CT molecular complexity index is 132. The molecule has 0 heterocycles. The number of hydrogen-bond donors (Lipinski definition) is 0. The van der Waals surface area contributed by atoms with Gasteiger partial charge in [0.2, 0.25) is 0 Å².